The average molecular weight is 236 g/mol. The molecule has 98 valence electrons. The van der Waals surface area contributed by atoms with Gasteiger partial charge in [0.25, 0.3) is 0 Å². The van der Waals surface area contributed by atoms with E-state index < -0.39 is 0 Å². The number of nitrogens with zero attached hydrogens (tertiary/aromatic N) is 1. The lowest BCUT2D eigenvalue weighted by molar-refractivity contribution is 0.288. The minimum Gasteiger partial charge on any atom is -0.387 e. The largest absolute Gasteiger partial charge is 0.387 e. The molecule has 0 radical (unpaired) electrons. The fraction of sp³-hybridized carbons (Fsp3) is 0.933. The van der Waals surface area contributed by atoms with Crippen molar-refractivity contribution in [3.63, 3.8) is 0 Å². The van der Waals surface area contributed by atoms with Crippen LogP contribution in [0.3, 0.4) is 0 Å². The Morgan fingerprint density at radius 2 is 1.82 bits per heavy atom. The van der Waals surface area contributed by atoms with Crippen molar-refractivity contribution in [2.75, 3.05) is 6.54 Å². The van der Waals surface area contributed by atoms with Gasteiger partial charge >= 0.3 is 0 Å². The molecule has 2 aliphatic rings. The van der Waals surface area contributed by atoms with E-state index in [0.717, 1.165) is 24.2 Å². The smallest absolute Gasteiger partial charge is 0.0968 e. The highest BCUT2D eigenvalue weighted by molar-refractivity contribution is 5.82. The Labute approximate surface area is 106 Å². The third kappa shape index (κ3) is 4.01. The maximum Gasteiger partial charge on any atom is 0.0968 e. The van der Waals surface area contributed by atoms with Crippen molar-refractivity contribution in [2.45, 2.75) is 64.7 Å². The molecule has 0 amide bonds. The maximum atomic E-state index is 6.15. The van der Waals surface area contributed by atoms with Gasteiger partial charge in [-0.1, -0.05) is 39.0 Å². The van der Waals surface area contributed by atoms with Crippen LogP contribution in [0.15, 0.2) is 4.99 Å². The summed E-state index contributed by atoms with van der Waals surface area (Å²) in [4.78, 5) is 4.70. The zero-order valence-electron chi connectivity index (χ0n) is 11.3. The molecule has 2 aliphatic carbocycles. The van der Waals surface area contributed by atoms with Gasteiger partial charge in [-0.2, -0.15) is 0 Å². The van der Waals surface area contributed by atoms with Gasteiger partial charge in [0.15, 0.2) is 0 Å². The monoisotopic (exact) mass is 236 g/mol. The molecule has 17 heavy (non-hydrogen) atoms. The molecule has 2 atom stereocenters. The number of rotatable bonds is 3. The zero-order valence-corrected chi connectivity index (χ0v) is 11.3. The maximum absolute atomic E-state index is 6.15. The lowest BCUT2D eigenvalue weighted by Crippen LogP contribution is -2.27. The number of nitrogens with two attached hydrogens (primary N) is 1. The first-order chi connectivity index (χ1) is 8.25. The van der Waals surface area contributed by atoms with E-state index in [9.17, 15) is 0 Å². The molecule has 0 aromatic carbocycles. The first-order valence-electron chi connectivity index (χ1n) is 7.55. The quantitative estimate of drug-likeness (QED) is 0.588. The number of hydrogen-bond donors (Lipinski definition) is 1. The van der Waals surface area contributed by atoms with Crippen LogP contribution in [0.5, 0.6) is 0 Å². The van der Waals surface area contributed by atoms with Crippen molar-refractivity contribution in [2.24, 2.45) is 28.5 Å². The van der Waals surface area contributed by atoms with Crippen LogP contribution >= 0.6 is 0 Å². The van der Waals surface area contributed by atoms with Gasteiger partial charge in [0, 0.05) is 12.5 Å². The van der Waals surface area contributed by atoms with E-state index in [1.807, 2.05) is 0 Å². The third-order valence-corrected chi connectivity index (χ3v) is 4.60. The molecular formula is C15H28N2. The zero-order chi connectivity index (χ0) is 12.1. The molecule has 0 bridgehead atoms. The van der Waals surface area contributed by atoms with Crippen molar-refractivity contribution >= 4 is 5.84 Å². The van der Waals surface area contributed by atoms with E-state index in [4.69, 9.17) is 10.7 Å². The van der Waals surface area contributed by atoms with E-state index in [2.05, 4.69) is 6.92 Å². The Bertz CT molecular complexity index is 254. The summed E-state index contributed by atoms with van der Waals surface area (Å²) in [7, 11) is 0. The van der Waals surface area contributed by atoms with Gasteiger partial charge in [0.2, 0.25) is 0 Å². The van der Waals surface area contributed by atoms with Crippen LogP contribution in [-0.4, -0.2) is 12.4 Å². The number of amidine groups is 1. The molecule has 2 saturated carbocycles. The summed E-state index contributed by atoms with van der Waals surface area (Å²) in [5.41, 5.74) is 6.15. The lowest BCUT2D eigenvalue weighted by atomic mass is 9.82. The molecule has 2 nitrogen and oxygen atoms in total. The normalized spacial score (nSPS) is 32.6. The molecule has 2 N–H and O–H groups in total. The van der Waals surface area contributed by atoms with Crippen molar-refractivity contribution in [1.29, 1.82) is 0 Å². The van der Waals surface area contributed by atoms with E-state index in [1.165, 1.54) is 57.8 Å². The van der Waals surface area contributed by atoms with Crippen LogP contribution in [-0.2, 0) is 0 Å². The van der Waals surface area contributed by atoms with Crippen LogP contribution < -0.4 is 5.73 Å². The molecule has 0 aliphatic heterocycles. The van der Waals surface area contributed by atoms with Crippen LogP contribution in [0.4, 0.5) is 0 Å². The van der Waals surface area contributed by atoms with Crippen LogP contribution in [0.25, 0.3) is 0 Å². The van der Waals surface area contributed by atoms with E-state index in [1.54, 1.807) is 0 Å². The van der Waals surface area contributed by atoms with Crippen molar-refractivity contribution < 1.29 is 0 Å². The second-order valence-corrected chi connectivity index (χ2v) is 6.24. The lowest BCUT2D eigenvalue weighted by Gasteiger charge is -2.26. The molecule has 0 aromatic rings. The second kappa shape index (κ2) is 6.42. The molecule has 0 aromatic heterocycles. The van der Waals surface area contributed by atoms with Crippen LogP contribution in [0.2, 0.25) is 0 Å². The Morgan fingerprint density at radius 3 is 2.53 bits per heavy atom. The molecule has 2 fully saturated rings. The highest BCUT2D eigenvalue weighted by atomic mass is 14.9. The summed E-state index contributed by atoms with van der Waals surface area (Å²) >= 11 is 0. The Balaban J connectivity index is 1.78. The van der Waals surface area contributed by atoms with Gasteiger partial charge < -0.3 is 5.73 Å². The Morgan fingerprint density at radius 1 is 1.06 bits per heavy atom. The first kappa shape index (κ1) is 12.9. The minimum absolute atomic E-state index is 0.602. The van der Waals surface area contributed by atoms with Crippen molar-refractivity contribution in [3.05, 3.63) is 0 Å². The average Bonchev–Trinajstić information content (AvgIpc) is 2.37. The van der Waals surface area contributed by atoms with Crippen LogP contribution in [0.1, 0.15) is 64.7 Å². The molecule has 2 rings (SSSR count). The number of aliphatic imine (C=N–C) groups is 1. The van der Waals surface area contributed by atoms with Crippen LogP contribution in [0, 0.1) is 17.8 Å². The summed E-state index contributed by atoms with van der Waals surface area (Å²) in [6.45, 7) is 3.37. The van der Waals surface area contributed by atoms with E-state index in [-0.39, 0.29) is 0 Å². The predicted octanol–water partition coefficient (Wildman–Crippen LogP) is 3.75. The Kier molecular flexibility index (Phi) is 4.87. The summed E-state index contributed by atoms with van der Waals surface area (Å²) < 4.78 is 0. The van der Waals surface area contributed by atoms with Crippen molar-refractivity contribution in [3.8, 4) is 0 Å². The van der Waals surface area contributed by atoms with Gasteiger partial charge in [-0.15, -0.1) is 0 Å². The summed E-state index contributed by atoms with van der Waals surface area (Å²) in [6, 6.07) is 0. The predicted molar refractivity (Wildman–Crippen MR) is 74.2 cm³/mol. The van der Waals surface area contributed by atoms with E-state index >= 15 is 0 Å². The van der Waals surface area contributed by atoms with Gasteiger partial charge in [-0.25, -0.2) is 0 Å². The molecule has 0 heterocycles. The topological polar surface area (TPSA) is 38.4 Å². The standard InChI is InChI=1S/C15H28N2/c1-12-6-5-7-13(10-12)11-17-15(16)14-8-3-2-4-9-14/h12-14H,2-11H2,1H3,(H2,16,17). The van der Waals surface area contributed by atoms with Gasteiger partial charge in [0.1, 0.15) is 0 Å². The van der Waals surface area contributed by atoms with Gasteiger partial charge in [0.05, 0.1) is 5.84 Å². The number of hydrogen-bond acceptors (Lipinski definition) is 1. The third-order valence-electron chi connectivity index (χ3n) is 4.60. The highest BCUT2D eigenvalue weighted by Gasteiger charge is 2.20. The van der Waals surface area contributed by atoms with Crippen molar-refractivity contribution in [1.82, 2.24) is 0 Å². The molecule has 0 spiro atoms. The Hall–Kier alpha value is -0.530. The molecule has 2 heteroatoms. The molecule has 0 saturated heterocycles. The molecular weight excluding hydrogens is 208 g/mol. The summed E-state index contributed by atoms with van der Waals surface area (Å²) in [5.74, 6) is 3.27. The summed E-state index contributed by atoms with van der Waals surface area (Å²) in [5, 5.41) is 0. The fourth-order valence-corrected chi connectivity index (χ4v) is 3.49. The highest BCUT2D eigenvalue weighted by Crippen LogP contribution is 2.29. The minimum atomic E-state index is 0.602. The summed E-state index contributed by atoms with van der Waals surface area (Å²) in [6.07, 6.45) is 12.2. The fourth-order valence-electron chi connectivity index (χ4n) is 3.49. The van der Waals surface area contributed by atoms with Gasteiger partial charge in [-0.3, -0.25) is 4.99 Å². The molecule has 2 unspecified atom stereocenters. The van der Waals surface area contributed by atoms with E-state index in [0.29, 0.717) is 5.92 Å². The second-order valence-electron chi connectivity index (χ2n) is 6.24. The first-order valence-corrected chi connectivity index (χ1v) is 7.55. The van der Waals surface area contributed by atoms with Gasteiger partial charge in [-0.05, 0) is 37.5 Å². The SMILES string of the molecule is CC1CCCC(CN=C(N)C2CCCCC2)C1.